The maximum atomic E-state index is 12.0. The lowest BCUT2D eigenvalue weighted by Crippen LogP contribution is -2.45. The largest absolute Gasteiger partial charge is 0.481 e. The molecule has 1 fully saturated rings. The van der Waals surface area contributed by atoms with Crippen molar-refractivity contribution >= 4 is 22.0 Å². The molecular weight excluding hydrogens is 274 g/mol. The molecule has 0 radical (unpaired) electrons. The van der Waals surface area contributed by atoms with E-state index in [4.69, 9.17) is 10.2 Å². The number of nitrogens with one attached hydrogen (secondary N) is 1. The molecule has 0 aromatic rings. The summed E-state index contributed by atoms with van der Waals surface area (Å²) in [6, 6.07) is -1.37. The molecule has 1 aliphatic carbocycles. The third kappa shape index (κ3) is 5.15. The maximum Gasteiger partial charge on any atom is 0.321 e. The highest BCUT2D eigenvalue weighted by Gasteiger charge is 2.31. The van der Waals surface area contributed by atoms with Crippen molar-refractivity contribution in [2.45, 2.75) is 56.2 Å². The zero-order valence-electron chi connectivity index (χ0n) is 10.5. The van der Waals surface area contributed by atoms with Gasteiger partial charge in [-0.1, -0.05) is 19.3 Å². The third-order valence-electron chi connectivity index (χ3n) is 3.24. The van der Waals surface area contributed by atoms with Gasteiger partial charge in [0.25, 0.3) is 0 Å². The fourth-order valence-electron chi connectivity index (χ4n) is 2.17. The van der Waals surface area contributed by atoms with Gasteiger partial charge in [0.15, 0.2) is 0 Å². The predicted octanol–water partition coefficient (Wildman–Crippen LogP) is 0.556. The Morgan fingerprint density at radius 1 is 1.16 bits per heavy atom. The molecule has 19 heavy (non-hydrogen) atoms. The monoisotopic (exact) mass is 293 g/mol. The van der Waals surface area contributed by atoms with Crippen molar-refractivity contribution in [1.29, 1.82) is 0 Å². The summed E-state index contributed by atoms with van der Waals surface area (Å²) < 4.78 is 26.2. The van der Waals surface area contributed by atoms with E-state index in [2.05, 4.69) is 4.72 Å². The van der Waals surface area contributed by atoms with Crippen molar-refractivity contribution in [3.63, 3.8) is 0 Å². The van der Waals surface area contributed by atoms with Crippen molar-refractivity contribution in [3.8, 4) is 0 Å². The molecule has 0 bridgehead atoms. The zero-order chi connectivity index (χ0) is 14.5. The summed E-state index contributed by atoms with van der Waals surface area (Å²) in [7, 11) is -3.70. The van der Waals surface area contributed by atoms with Gasteiger partial charge in [0.1, 0.15) is 6.04 Å². The average Bonchev–Trinajstić information content (AvgIpc) is 2.35. The van der Waals surface area contributed by atoms with Crippen LogP contribution < -0.4 is 4.72 Å². The van der Waals surface area contributed by atoms with E-state index < -0.39 is 33.3 Å². The lowest BCUT2D eigenvalue weighted by molar-refractivity contribution is -0.140. The summed E-state index contributed by atoms with van der Waals surface area (Å²) in [5, 5.41) is 16.9. The topological polar surface area (TPSA) is 121 Å². The van der Waals surface area contributed by atoms with Crippen molar-refractivity contribution in [1.82, 2.24) is 4.72 Å². The first kappa shape index (κ1) is 15.9. The van der Waals surface area contributed by atoms with Crippen LogP contribution in [0.15, 0.2) is 0 Å². The summed E-state index contributed by atoms with van der Waals surface area (Å²) in [5.41, 5.74) is 0. The number of rotatable bonds is 7. The molecule has 1 saturated carbocycles. The second-order valence-corrected chi connectivity index (χ2v) is 6.74. The van der Waals surface area contributed by atoms with E-state index in [-0.39, 0.29) is 12.8 Å². The number of carbonyl (C=O) groups is 2. The van der Waals surface area contributed by atoms with E-state index >= 15 is 0 Å². The van der Waals surface area contributed by atoms with Gasteiger partial charge in [0.2, 0.25) is 10.0 Å². The highest BCUT2D eigenvalue weighted by Crippen LogP contribution is 2.23. The minimum atomic E-state index is -3.70. The average molecular weight is 293 g/mol. The minimum Gasteiger partial charge on any atom is -0.481 e. The Hall–Kier alpha value is -1.15. The van der Waals surface area contributed by atoms with Crippen molar-refractivity contribution in [2.24, 2.45) is 0 Å². The van der Waals surface area contributed by atoms with E-state index in [1.165, 1.54) is 0 Å². The number of hydrogen-bond acceptors (Lipinski definition) is 4. The van der Waals surface area contributed by atoms with Gasteiger partial charge in [0.05, 0.1) is 5.25 Å². The van der Waals surface area contributed by atoms with Crippen molar-refractivity contribution in [2.75, 3.05) is 0 Å². The molecule has 0 unspecified atom stereocenters. The summed E-state index contributed by atoms with van der Waals surface area (Å²) in [6.45, 7) is 0. The van der Waals surface area contributed by atoms with Gasteiger partial charge in [0, 0.05) is 6.42 Å². The molecule has 0 aromatic heterocycles. The summed E-state index contributed by atoms with van der Waals surface area (Å²) in [5.74, 6) is -2.50. The van der Waals surface area contributed by atoms with Gasteiger partial charge in [-0.2, -0.15) is 0 Å². The summed E-state index contributed by atoms with van der Waals surface area (Å²) in [4.78, 5) is 21.4. The van der Waals surface area contributed by atoms with E-state index in [1.807, 2.05) is 0 Å². The van der Waals surface area contributed by atoms with Crippen LogP contribution in [0.4, 0.5) is 0 Å². The predicted molar refractivity (Wildman–Crippen MR) is 67.2 cm³/mol. The molecule has 1 rings (SSSR count). The number of sulfonamides is 1. The highest BCUT2D eigenvalue weighted by atomic mass is 32.2. The van der Waals surface area contributed by atoms with Gasteiger partial charge in [-0.15, -0.1) is 0 Å². The Kier molecular flexibility index (Phi) is 5.74. The number of hydrogen-bond donors (Lipinski definition) is 3. The molecule has 8 heteroatoms. The molecule has 0 spiro atoms. The molecule has 0 saturated heterocycles. The Bertz CT molecular complexity index is 426. The third-order valence-corrected chi connectivity index (χ3v) is 5.20. The molecule has 1 atom stereocenters. The molecule has 3 N–H and O–H groups in total. The van der Waals surface area contributed by atoms with Gasteiger partial charge < -0.3 is 10.2 Å². The summed E-state index contributed by atoms with van der Waals surface area (Å²) in [6.07, 6.45) is 3.05. The van der Waals surface area contributed by atoms with E-state index in [0.717, 1.165) is 19.3 Å². The van der Waals surface area contributed by atoms with Crippen LogP contribution in [0.3, 0.4) is 0 Å². The molecule has 0 amide bonds. The quantitative estimate of drug-likeness (QED) is 0.630. The first-order valence-electron chi connectivity index (χ1n) is 6.28. The molecular formula is C11H19NO6S. The van der Waals surface area contributed by atoms with Crippen LogP contribution in [-0.4, -0.2) is 41.9 Å². The zero-order valence-corrected chi connectivity index (χ0v) is 11.4. The van der Waals surface area contributed by atoms with Crippen molar-refractivity contribution in [3.05, 3.63) is 0 Å². The van der Waals surface area contributed by atoms with Crippen LogP contribution in [0.1, 0.15) is 44.9 Å². The SMILES string of the molecule is O=C(O)CC[C@@H](NS(=O)(=O)C1CCCCC1)C(=O)O. The highest BCUT2D eigenvalue weighted by molar-refractivity contribution is 7.90. The van der Waals surface area contributed by atoms with Crippen LogP contribution >= 0.6 is 0 Å². The molecule has 0 aliphatic heterocycles. The lowest BCUT2D eigenvalue weighted by atomic mass is 10.0. The number of carboxylic acid groups (broad SMARTS) is 2. The minimum absolute atomic E-state index is 0.253. The maximum absolute atomic E-state index is 12.0. The Balaban J connectivity index is 2.65. The first-order chi connectivity index (χ1) is 8.83. The molecule has 0 aromatic carbocycles. The number of carboxylic acids is 2. The van der Waals surface area contributed by atoms with Crippen LogP contribution in [0.2, 0.25) is 0 Å². The molecule has 110 valence electrons. The first-order valence-corrected chi connectivity index (χ1v) is 7.83. The smallest absolute Gasteiger partial charge is 0.321 e. The molecule has 0 heterocycles. The second-order valence-electron chi connectivity index (χ2n) is 4.75. The van der Waals surface area contributed by atoms with Crippen molar-refractivity contribution < 1.29 is 28.2 Å². The fourth-order valence-corrected chi connectivity index (χ4v) is 3.93. The molecule has 7 nitrogen and oxygen atoms in total. The Labute approximate surface area is 112 Å². The standard InChI is InChI=1S/C11H19NO6S/c13-10(14)7-6-9(11(15)16)12-19(17,18)8-4-2-1-3-5-8/h8-9,12H,1-7H2,(H,13,14)(H,15,16)/t9-/m1/s1. The van der Waals surface area contributed by atoms with E-state index in [9.17, 15) is 18.0 Å². The van der Waals surface area contributed by atoms with Gasteiger partial charge in [-0.05, 0) is 19.3 Å². The fraction of sp³-hybridized carbons (Fsp3) is 0.818. The Morgan fingerprint density at radius 3 is 2.21 bits per heavy atom. The van der Waals surface area contributed by atoms with Gasteiger partial charge >= 0.3 is 11.9 Å². The van der Waals surface area contributed by atoms with E-state index in [1.54, 1.807) is 0 Å². The van der Waals surface area contributed by atoms with E-state index in [0.29, 0.717) is 12.8 Å². The summed E-state index contributed by atoms with van der Waals surface area (Å²) >= 11 is 0. The molecule has 1 aliphatic rings. The van der Waals surface area contributed by atoms with Crippen LogP contribution in [0, 0.1) is 0 Å². The van der Waals surface area contributed by atoms with Gasteiger partial charge in [-0.25, -0.2) is 13.1 Å². The number of aliphatic carboxylic acids is 2. The van der Waals surface area contributed by atoms with Crippen LogP contribution in [0.25, 0.3) is 0 Å². The second kappa shape index (κ2) is 6.85. The Morgan fingerprint density at radius 2 is 1.74 bits per heavy atom. The normalized spacial score (nSPS) is 18.9. The van der Waals surface area contributed by atoms with Gasteiger partial charge in [-0.3, -0.25) is 9.59 Å². The lowest BCUT2D eigenvalue weighted by Gasteiger charge is -2.24. The van der Waals surface area contributed by atoms with Crippen LogP contribution in [-0.2, 0) is 19.6 Å². The van der Waals surface area contributed by atoms with Crippen LogP contribution in [0.5, 0.6) is 0 Å².